The van der Waals surface area contributed by atoms with E-state index in [1.807, 2.05) is 0 Å². The van der Waals surface area contributed by atoms with Gasteiger partial charge in [0.25, 0.3) is 0 Å². The fourth-order valence-corrected chi connectivity index (χ4v) is 7.45. The summed E-state index contributed by atoms with van der Waals surface area (Å²) >= 11 is 7.67. The van der Waals surface area contributed by atoms with Crippen molar-refractivity contribution in [3.63, 3.8) is 0 Å². The summed E-state index contributed by atoms with van der Waals surface area (Å²) in [5, 5.41) is 1.46. The van der Waals surface area contributed by atoms with E-state index >= 15 is 0 Å². The summed E-state index contributed by atoms with van der Waals surface area (Å²) < 4.78 is 5.00. The highest BCUT2D eigenvalue weighted by Gasteiger charge is 2.45. The van der Waals surface area contributed by atoms with Crippen LogP contribution in [0.3, 0.4) is 0 Å². The van der Waals surface area contributed by atoms with E-state index in [-0.39, 0.29) is 5.41 Å². The molecular weight excluding hydrogens is 570 g/mol. The van der Waals surface area contributed by atoms with E-state index in [1.165, 1.54) is 121 Å². The Kier molecular flexibility index (Phi) is 10.2. The van der Waals surface area contributed by atoms with Crippen molar-refractivity contribution in [3.8, 4) is 11.3 Å². The molecule has 36 heavy (non-hydrogen) atoms. The molecule has 2 aromatic carbocycles. The van der Waals surface area contributed by atoms with Gasteiger partial charge in [0.05, 0.1) is 5.69 Å². The largest absolute Gasteiger partial charge is 0.341 e. The van der Waals surface area contributed by atoms with E-state index < -0.39 is 0 Å². The van der Waals surface area contributed by atoms with Gasteiger partial charge >= 0.3 is 0 Å². The molecule has 3 heteroatoms. The van der Waals surface area contributed by atoms with E-state index in [9.17, 15) is 0 Å². The lowest BCUT2D eigenvalue weighted by atomic mass is 9.70. The van der Waals surface area contributed by atoms with Crippen LogP contribution in [-0.4, -0.2) is 4.57 Å². The Labute approximate surface area is 236 Å². The zero-order valence-electron chi connectivity index (χ0n) is 22.8. The van der Waals surface area contributed by atoms with Crippen LogP contribution in [0.4, 0.5) is 0 Å². The SMILES string of the molecule is CCCCCCCCC1(CCCCCCCC)c2cc(Br)ccc2-c2c1c1cc(Br)ccc1n2CC. The van der Waals surface area contributed by atoms with E-state index in [1.54, 1.807) is 11.1 Å². The van der Waals surface area contributed by atoms with Crippen LogP contribution in [-0.2, 0) is 12.0 Å². The third kappa shape index (κ3) is 5.68. The van der Waals surface area contributed by atoms with Gasteiger partial charge in [0.15, 0.2) is 0 Å². The quantitative estimate of drug-likeness (QED) is 0.150. The van der Waals surface area contributed by atoms with Crippen LogP contribution < -0.4 is 0 Å². The van der Waals surface area contributed by atoms with Crippen LogP contribution in [0.15, 0.2) is 45.3 Å². The normalized spacial score (nSPS) is 13.9. The van der Waals surface area contributed by atoms with Gasteiger partial charge in [-0.2, -0.15) is 0 Å². The summed E-state index contributed by atoms with van der Waals surface area (Å²) in [6, 6.07) is 14.1. The zero-order chi connectivity index (χ0) is 25.5. The third-order valence-corrected chi connectivity index (χ3v) is 9.47. The number of hydrogen-bond donors (Lipinski definition) is 0. The van der Waals surface area contributed by atoms with Crippen molar-refractivity contribution in [1.82, 2.24) is 4.57 Å². The summed E-state index contributed by atoms with van der Waals surface area (Å²) in [7, 11) is 0. The number of rotatable bonds is 15. The van der Waals surface area contributed by atoms with Crippen LogP contribution in [0, 0.1) is 0 Å². The maximum Gasteiger partial charge on any atom is 0.0536 e. The fourth-order valence-electron chi connectivity index (χ4n) is 6.73. The number of aromatic nitrogens is 1. The van der Waals surface area contributed by atoms with Crippen LogP contribution in [0.25, 0.3) is 22.2 Å². The van der Waals surface area contributed by atoms with Gasteiger partial charge < -0.3 is 4.57 Å². The smallest absolute Gasteiger partial charge is 0.0536 e. The molecule has 0 N–H and O–H groups in total. The first-order valence-corrected chi connectivity index (χ1v) is 16.3. The molecule has 0 amide bonds. The summed E-state index contributed by atoms with van der Waals surface area (Å²) in [5.74, 6) is 0. The molecule has 0 atom stereocenters. The molecule has 1 aliphatic carbocycles. The summed E-state index contributed by atoms with van der Waals surface area (Å²) in [6.45, 7) is 7.94. The van der Waals surface area contributed by atoms with Gasteiger partial charge in [-0.15, -0.1) is 0 Å². The molecule has 0 saturated carbocycles. The van der Waals surface area contributed by atoms with Gasteiger partial charge in [0, 0.05) is 37.4 Å². The highest BCUT2D eigenvalue weighted by Crippen LogP contribution is 2.58. The summed E-state index contributed by atoms with van der Waals surface area (Å²) in [6.07, 6.45) is 18.8. The zero-order valence-corrected chi connectivity index (χ0v) is 25.9. The van der Waals surface area contributed by atoms with E-state index in [4.69, 9.17) is 0 Å². The van der Waals surface area contributed by atoms with Crippen LogP contribution in [0.2, 0.25) is 0 Å². The minimum Gasteiger partial charge on any atom is -0.341 e. The van der Waals surface area contributed by atoms with Crippen molar-refractivity contribution in [3.05, 3.63) is 56.5 Å². The lowest BCUT2D eigenvalue weighted by Crippen LogP contribution is -2.25. The predicted octanol–water partition coefficient (Wildman–Crippen LogP) is 12.0. The van der Waals surface area contributed by atoms with E-state index in [0.717, 1.165) is 6.54 Å². The number of nitrogens with zero attached hydrogens (tertiary/aromatic N) is 1. The van der Waals surface area contributed by atoms with Crippen molar-refractivity contribution < 1.29 is 0 Å². The second kappa shape index (κ2) is 13.1. The number of fused-ring (bicyclic) bond motifs is 5. The lowest BCUT2D eigenvalue weighted by molar-refractivity contribution is 0.400. The Bertz CT molecular complexity index is 1130. The molecule has 0 unspecified atom stereocenters. The first kappa shape index (κ1) is 28.0. The summed E-state index contributed by atoms with van der Waals surface area (Å²) in [5.41, 5.74) is 7.67. The molecule has 3 aromatic rings. The Hall–Kier alpha value is -1.06. The Morgan fingerprint density at radius 1 is 0.667 bits per heavy atom. The second-order valence-electron chi connectivity index (χ2n) is 10.9. The number of benzene rings is 2. The number of halogens is 2. The molecule has 1 heterocycles. The van der Waals surface area contributed by atoms with Gasteiger partial charge in [-0.05, 0) is 61.2 Å². The molecule has 0 saturated heterocycles. The summed E-state index contributed by atoms with van der Waals surface area (Å²) in [4.78, 5) is 0. The number of hydrogen-bond acceptors (Lipinski definition) is 0. The van der Waals surface area contributed by atoms with E-state index in [2.05, 4.69) is 93.6 Å². The standard InChI is InChI=1S/C33H45Br2N/c1-4-7-9-11-13-15-21-33(22-16-14-12-10-8-5-2)29-24-26(35)17-19-27(29)32-31(33)28-23-25(34)18-20-30(28)36(32)6-3/h17-20,23-24H,4-16,21-22H2,1-3H3. The van der Waals surface area contributed by atoms with Gasteiger partial charge in [-0.25, -0.2) is 0 Å². The number of unbranched alkanes of at least 4 members (excludes halogenated alkanes) is 10. The molecule has 1 nitrogen and oxygen atoms in total. The lowest BCUT2D eigenvalue weighted by Gasteiger charge is -2.33. The van der Waals surface area contributed by atoms with Crippen molar-refractivity contribution in [2.45, 2.75) is 123 Å². The molecule has 196 valence electrons. The average Bonchev–Trinajstić information content (AvgIpc) is 3.33. The Morgan fingerprint density at radius 3 is 1.83 bits per heavy atom. The average molecular weight is 616 g/mol. The molecule has 4 rings (SSSR count). The third-order valence-electron chi connectivity index (χ3n) is 8.49. The van der Waals surface area contributed by atoms with Crippen LogP contribution in [0.1, 0.15) is 122 Å². The first-order chi connectivity index (χ1) is 17.6. The molecule has 0 bridgehead atoms. The van der Waals surface area contributed by atoms with Crippen LogP contribution >= 0.6 is 31.9 Å². The minimum absolute atomic E-state index is 0.115. The van der Waals surface area contributed by atoms with Gasteiger partial charge in [-0.3, -0.25) is 0 Å². The fraction of sp³-hybridized carbons (Fsp3) is 0.576. The first-order valence-electron chi connectivity index (χ1n) is 14.7. The van der Waals surface area contributed by atoms with Crippen molar-refractivity contribution in [1.29, 1.82) is 0 Å². The number of aryl methyl sites for hydroxylation is 1. The molecule has 1 aliphatic rings. The second-order valence-corrected chi connectivity index (χ2v) is 12.8. The van der Waals surface area contributed by atoms with E-state index in [0.29, 0.717) is 0 Å². The molecule has 1 aromatic heterocycles. The molecule has 0 aliphatic heterocycles. The van der Waals surface area contributed by atoms with Crippen molar-refractivity contribution in [2.24, 2.45) is 0 Å². The highest BCUT2D eigenvalue weighted by atomic mass is 79.9. The molecule has 0 fully saturated rings. The van der Waals surface area contributed by atoms with Gasteiger partial charge in [0.1, 0.15) is 0 Å². The molecule has 0 spiro atoms. The van der Waals surface area contributed by atoms with Crippen molar-refractivity contribution in [2.75, 3.05) is 0 Å². The molecular formula is C33H45Br2N. The van der Waals surface area contributed by atoms with Crippen LogP contribution in [0.5, 0.6) is 0 Å². The van der Waals surface area contributed by atoms with Gasteiger partial charge in [-0.1, -0.05) is 129 Å². The topological polar surface area (TPSA) is 4.93 Å². The maximum absolute atomic E-state index is 3.85. The van der Waals surface area contributed by atoms with Crippen molar-refractivity contribution >= 4 is 42.8 Å². The Morgan fingerprint density at radius 2 is 1.22 bits per heavy atom. The molecule has 0 radical (unpaired) electrons. The minimum atomic E-state index is 0.115. The predicted molar refractivity (Wildman–Crippen MR) is 165 cm³/mol. The monoisotopic (exact) mass is 613 g/mol. The Balaban J connectivity index is 1.78. The maximum atomic E-state index is 3.85. The highest BCUT2D eigenvalue weighted by molar-refractivity contribution is 9.10. The van der Waals surface area contributed by atoms with Gasteiger partial charge in [0.2, 0.25) is 0 Å².